The number of nitrogens with one attached hydrogen (secondary N) is 1. The molecule has 1 aliphatic heterocycles. The van der Waals surface area contributed by atoms with Crippen LogP contribution in [0.5, 0.6) is 17.2 Å². The summed E-state index contributed by atoms with van der Waals surface area (Å²) in [6, 6.07) is 10.8. The molecule has 34 heavy (non-hydrogen) atoms. The number of benzene rings is 2. The normalized spacial score (nSPS) is 17.4. The average molecular weight is 469 g/mol. The molecule has 1 aliphatic rings. The smallest absolute Gasteiger partial charge is 0.295 e. The first kappa shape index (κ1) is 25.1. The third-order valence-corrected chi connectivity index (χ3v) is 6.32. The number of carbonyl (C=O) groups excluding carboxylic acids is 2. The Morgan fingerprint density at radius 2 is 1.56 bits per heavy atom. The van der Waals surface area contributed by atoms with Crippen LogP contribution in [0.15, 0.2) is 48.0 Å². The lowest BCUT2D eigenvalue weighted by atomic mass is 9.94. The molecule has 2 aromatic carbocycles. The standard InChI is InChI=1S/C26H32N2O6/c1-6-27(7-2)14-15-28-23(20-16-19(33-4)12-13-21(20)34-5)22(25(30)26(28)31)24(29)17-8-10-18(32-3)11-9-17/h8-13,16,23,29H,6-7,14-15H2,1-5H3. The van der Waals surface area contributed by atoms with E-state index in [0.717, 1.165) is 13.1 Å². The number of ether oxygens (including phenoxy) is 3. The lowest BCUT2D eigenvalue weighted by Crippen LogP contribution is -3.12. The number of rotatable bonds is 10. The molecule has 8 nitrogen and oxygen atoms in total. The van der Waals surface area contributed by atoms with Gasteiger partial charge in [-0.3, -0.25) is 9.59 Å². The highest BCUT2D eigenvalue weighted by molar-refractivity contribution is 6.46. The van der Waals surface area contributed by atoms with Crippen molar-refractivity contribution in [2.75, 3.05) is 47.5 Å². The Balaban J connectivity index is 2.18. The number of Topliss-reactive ketones (excluding diaryl/α,β-unsaturated/α-hetero) is 1. The molecule has 0 saturated carbocycles. The maximum Gasteiger partial charge on any atom is 0.295 e. The second-order valence-corrected chi connectivity index (χ2v) is 8.02. The van der Waals surface area contributed by atoms with E-state index in [0.29, 0.717) is 41.5 Å². The molecule has 1 atom stereocenters. The van der Waals surface area contributed by atoms with Gasteiger partial charge in [0.2, 0.25) is 5.78 Å². The first-order chi connectivity index (χ1) is 16.4. The SMILES string of the molecule is CC[NH+](CC)CCN1C(=O)C(=O)C(=C([O-])c2ccc(OC)cc2)C1c1cc(OC)ccc1OC. The van der Waals surface area contributed by atoms with Crippen LogP contribution in [0, 0.1) is 0 Å². The van der Waals surface area contributed by atoms with Crippen molar-refractivity contribution in [1.29, 1.82) is 0 Å². The minimum atomic E-state index is -0.880. The summed E-state index contributed by atoms with van der Waals surface area (Å²) in [5.74, 6) is -0.371. The van der Waals surface area contributed by atoms with Crippen LogP contribution in [0.4, 0.5) is 0 Å². The minimum Gasteiger partial charge on any atom is -0.872 e. The summed E-state index contributed by atoms with van der Waals surface area (Å²) in [6.45, 7) is 6.90. The Labute approximate surface area is 200 Å². The van der Waals surface area contributed by atoms with Crippen LogP contribution in [-0.4, -0.2) is 64.1 Å². The van der Waals surface area contributed by atoms with Crippen LogP contribution in [-0.2, 0) is 9.59 Å². The summed E-state index contributed by atoms with van der Waals surface area (Å²) in [6.07, 6.45) is 0. The number of carbonyl (C=O) groups is 2. The van der Waals surface area contributed by atoms with E-state index in [2.05, 4.69) is 13.8 Å². The van der Waals surface area contributed by atoms with Gasteiger partial charge in [0.15, 0.2) is 0 Å². The van der Waals surface area contributed by atoms with E-state index in [4.69, 9.17) is 14.2 Å². The molecule has 0 bridgehead atoms. The molecule has 1 heterocycles. The van der Waals surface area contributed by atoms with E-state index < -0.39 is 23.5 Å². The predicted molar refractivity (Wildman–Crippen MR) is 126 cm³/mol. The molecular formula is C26H32N2O6. The molecule has 1 N–H and O–H groups in total. The van der Waals surface area contributed by atoms with Crippen LogP contribution in [0.1, 0.15) is 31.0 Å². The zero-order valence-corrected chi connectivity index (χ0v) is 20.3. The van der Waals surface area contributed by atoms with Gasteiger partial charge in [0.05, 0.1) is 53.6 Å². The minimum absolute atomic E-state index is 0.0868. The molecule has 3 rings (SSSR count). The van der Waals surface area contributed by atoms with E-state index >= 15 is 0 Å². The van der Waals surface area contributed by atoms with Crippen molar-refractivity contribution in [3.63, 3.8) is 0 Å². The van der Waals surface area contributed by atoms with Crippen molar-refractivity contribution >= 4 is 17.4 Å². The zero-order chi connectivity index (χ0) is 24.8. The molecule has 1 saturated heterocycles. The Hall–Kier alpha value is -3.52. The van der Waals surface area contributed by atoms with Gasteiger partial charge >= 0.3 is 0 Å². The van der Waals surface area contributed by atoms with Crippen LogP contribution in [0.2, 0.25) is 0 Å². The molecule has 0 aromatic heterocycles. The molecule has 1 fully saturated rings. The quantitative estimate of drug-likeness (QED) is 0.316. The van der Waals surface area contributed by atoms with Gasteiger partial charge in [-0.2, -0.15) is 0 Å². The molecule has 1 unspecified atom stereocenters. The number of methoxy groups -OCH3 is 3. The van der Waals surface area contributed by atoms with Crippen LogP contribution in [0.25, 0.3) is 5.76 Å². The summed E-state index contributed by atoms with van der Waals surface area (Å²) in [5.41, 5.74) is 0.753. The fourth-order valence-electron chi connectivity index (χ4n) is 4.26. The largest absolute Gasteiger partial charge is 0.872 e. The molecule has 0 spiro atoms. The van der Waals surface area contributed by atoms with Gasteiger partial charge in [-0.1, -0.05) is 17.9 Å². The lowest BCUT2D eigenvalue weighted by Gasteiger charge is -2.29. The topological polar surface area (TPSA) is 92.6 Å². The van der Waals surface area contributed by atoms with Crippen molar-refractivity contribution in [2.24, 2.45) is 0 Å². The highest BCUT2D eigenvalue weighted by atomic mass is 16.5. The summed E-state index contributed by atoms with van der Waals surface area (Å²) in [5, 5.41) is 13.6. The lowest BCUT2D eigenvalue weighted by molar-refractivity contribution is -0.895. The fraction of sp³-hybridized carbons (Fsp3) is 0.385. The molecule has 182 valence electrons. The van der Waals surface area contributed by atoms with E-state index in [-0.39, 0.29) is 5.57 Å². The summed E-state index contributed by atoms with van der Waals surface area (Å²) in [7, 11) is 4.58. The Morgan fingerprint density at radius 1 is 0.941 bits per heavy atom. The van der Waals surface area contributed by atoms with Gasteiger partial charge in [-0.25, -0.2) is 0 Å². The summed E-state index contributed by atoms with van der Waals surface area (Å²) in [4.78, 5) is 29.2. The highest BCUT2D eigenvalue weighted by Gasteiger charge is 2.45. The van der Waals surface area contributed by atoms with Gasteiger partial charge in [-0.05, 0) is 49.7 Å². The van der Waals surface area contributed by atoms with Gasteiger partial charge in [0, 0.05) is 11.1 Å². The summed E-state index contributed by atoms with van der Waals surface area (Å²) >= 11 is 0. The number of quaternary nitrogens is 1. The van der Waals surface area contributed by atoms with Crippen molar-refractivity contribution < 1.29 is 33.8 Å². The Kier molecular flexibility index (Phi) is 8.17. The maximum atomic E-state index is 13.6. The molecular weight excluding hydrogens is 436 g/mol. The molecule has 0 radical (unpaired) electrons. The van der Waals surface area contributed by atoms with Crippen molar-refractivity contribution in [1.82, 2.24) is 4.90 Å². The van der Waals surface area contributed by atoms with Crippen molar-refractivity contribution in [2.45, 2.75) is 19.9 Å². The van der Waals surface area contributed by atoms with Gasteiger partial charge in [0.25, 0.3) is 5.91 Å². The number of hydrogen-bond acceptors (Lipinski definition) is 6. The third kappa shape index (κ3) is 4.87. The number of ketones is 1. The number of nitrogens with zero attached hydrogens (tertiary/aromatic N) is 1. The number of likely N-dealkylation sites (tertiary alicyclic amines) is 1. The molecule has 8 heteroatoms. The monoisotopic (exact) mass is 468 g/mol. The Bertz CT molecular complexity index is 1060. The van der Waals surface area contributed by atoms with Crippen LogP contribution >= 0.6 is 0 Å². The molecule has 2 aromatic rings. The predicted octanol–water partition coefficient (Wildman–Crippen LogP) is 0.861. The van der Waals surface area contributed by atoms with E-state index in [1.54, 1.807) is 42.5 Å². The fourth-order valence-corrected chi connectivity index (χ4v) is 4.26. The first-order valence-electron chi connectivity index (χ1n) is 11.4. The Morgan fingerprint density at radius 3 is 2.12 bits per heavy atom. The van der Waals surface area contributed by atoms with E-state index in [9.17, 15) is 14.7 Å². The van der Waals surface area contributed by atoms with Crippen molar-refractivity contribution in [3.05, 3.63) is 59.2 Å². The van der Waals surface area contributed by atoms with Crippen molar-refractivity contribution in [3.8, 4) is 17.2 Å². The van der Waals surface area contributed by atoms with Gasteiger partial charge in [-0.15, -0.1) is 0 Å². The summed E-state index contributed by atoms with van der Waals surface area (Å²) < 4.78 is 16.1. The average Bonchev–Trinajstić information content (AvgIpc) is 3.13. The molecule has 1 amide bonds. The highest BCUT2D eigenvalue weighted by Crippen LogP contribution is 2.43. The van der Waals surface area contributed by atoms with Gasteiger partial charge in [0.1, 0.15) is 17.2 Å². The zero-order valence-electron chi connectivity index (χ0n) is 20.3. The second-order valence-electron chi connectivity index (χ2n) is 8.02. The van der Waals surface area contributed by atoms with E-state index in [1.807, 2.05) is 0 Å². The molecule has 0 aliphatic carbocycles. The number of amides is 1. The van der Waals surface area contributed by atoms with Gasteiger partial charge < -0.3 is 29.1 Å². The first-order valence-corrected chi connectivity index (χ1v) is 11.4. The number of hydrogen-bond donors (Lipinski definition) is 1. The maximum absolute atomic E-state index is 13.6. The second kappa shape index (κ2) is 11.1. The van der Waals surface area contributed by atoms with Crippen LogP contribution < -0.4 is 24.2 Å². The van der Waals surface area contributed by atoms with Crippen LogP contribution in [0.3, 0.4) is 0 Å². The van der Waals surface area contributed by atoms with E-state index in [1.165, 1.54) is 31.1 Å². The third-order valence-electron chi connectivity index (χ3n) is 6.32. The number of likely N-dealkylation sites (N-methyl/N-ethyl adjacent to an activating group) is 1.